The molecule has 1 heterocycles. The molecule has 0 spiro atoms. The lowest BCUT2D eigenvalue weighted by molar-refractivity contribution is 0.0693. The van der Waals surface area contributed by atoms with Gasteiger partial charge in [-0.25, -0.2) is 4.79 Å². The average Bonchev–Trinajstić information content (AvgIpc) is 2.26. The summed E-state index contributed by atoms with van der Waals surface area (Å²) in [5, 5.41) is 27.9. The second-order valence-corrected chi connectivity index (χ2v) is 4.17. The predicted molar refractivity (Wildman–Crippen MR) is 61.4 cm³/mol. The lowest BCUT2D eigenvalue weighted by atomic mass is 9.71. The van der Waals surface area contributed by atoms with Gasteiger partial charge < -0.3 is 19.9 Å². The third kappa shape index (κ3) is 2.01. The Bertz CT molecular complexity index is 459. The van der Waals surface area contributed by atoms with Crippen molar-refractivity contribution >= 4 is 13.1 Å². The summed E-state index contributed by atoms with van der Waals surface area (Å²) >= 11 is 0. The fraction of sp³-hybridized carbons (Fsp3) is 0.364. The quantitative estimate of drug-likeness (QED) is 0.656. The Balaban J connectivity index is 2.60. The molecule has 17 heavy (non-hydrogen) atoms. The minimum Gasteiger partial charge on any atom is -0.535 e. The summed E-state index contributed by atoms with van der Waals surface area (Å²) in [6.07, 6.45) is 0.269. The maximum absolute atomic E-state index is 11.2. The highest BCUT2D eigenvalue weighted by atomic mass is 16.5. The molecule has 1 aliphatic rings. The second-order valence-electron chi connectivity index (χ2n) is 4.17. The van der Waals surface area contributed by atoms with Crippen molar-refractivity contribution in [2.24, 2.45) is 0 Å². The number of carboxylic acids is 1. The molecule has 0 saturated carbocycles. The first kappa shape index (κ1) is 11.9. The number of benzene rings is 1. The second kappa shape index (κ2) is 4.39. The molecule has 3 N–H and O–H groups in total. The number of aliphatic hydroxyl groups is 1. The average molecular weight is 236 g/mol. The van der Waals surface area contributed by atoms with Crippen molar-refractivity contribution in [3.05, 3.63) is 28.8 Å². The molecule has 0 unspecified atom stereocenters. The van der Waals surface area contributed by atoms with E-state index < -0.39 is 13.1 Å². The number of aromatic carboxylic acids is 1. The molecule has 0 aromatic heterocycles. The van der Waals surface area contributed by atoms with Gasteiger partial charge in [0.25, 0.3) is 0 Å². The largest absolute Gasteiger partial charge is 0.535 e. The van der Waals surface area contributed by atoms with Crippen LogP contribution in [0.3, 0.4) is 0 Å². The molecule has 2 rings (SSSR count). The first-order chi connectivity index (χ1) is 8.04. The topological polar surface area (TPSA) is 87.0 Å². The van der Waals surface area contributed by atoms with Crippen molar-refractivity contribution in [1.29, 1.82) is 0 Å². The monoisotopic (exact) mass is 236 g/mol. The SMILES string of the molecule is Cc1ccc2c(c1C(=O)O)OB(O)C[C@@H]2CO. The van der Waals surface area contributed by atoms with E-state index in [0.29, 0.717) is 11.1 Å². The van der Waals surface area contributed by atoms with E-state index in [1.165, 1.54) is 0 Å². The summed E-state index contributed by atoms with van der Waals surface area (Å²) in [7, 11) is -1.07. The molecule has 6 heteroatoms. The van der Waals surface area contributed by atoms with E-state index in [9.17, 15) is 14.9 Å². The molecule has 1 atom stereocenters. The Kier molecular flexibility index (Phi) is 3.08. The Morgan fingerprint density at radius 1 is 1.59 bits per heavy atom. The highest BCUT2D eigenvalue weighted by Gasteiger charge is 2.34. The summed E-state index contributed by atoms with van der Waals surface area (Å²) in [6.45, 7) is 1.53. The predicted octanol–water partition coefficient (Wildman–Crippen LogP) is 0.642. The highest BCUT2D eigenvalue weighted by Crippen LogP contribution is 2.38. The molecule has 0 aliphatic carbocycles. The fourth-order valence-electron chi connectivity index (χ4n) is 2.14. The summed E-state index contributed by atoms with van der Waals surface area (Å²) < 4.78 is 5.20. The maximum atomic E-state index is 11.2. The normalized spacial score (nSPS) is 18.5. The summed E-state index contributed by atoms with van der Waals surface area (Å²) in [4.78, 5) is 11.2. The number of rotatable bonds is 2. The van der Waals surface area contributed by atoms with Crippen LogP contribution < -0.4 is 4.65 Å². The summed E-state index contributed by atoms with van der Waals surface area (Å²) in [5.41, 5.74) is 1.27. The molecule has 1 aliphatic heterocycles. The smallest absolute Gasteiger partial charge is 0.523 e. The van der Waals surface area contributed by atoms with Gasteiger partial charge in [0.1, 0.15) is 11.3 Å². The van der Waals surface area contributed by atoms with Crippen molar-refractivity contribution in [3.63, 3.8) is 0 Å². The lowest BCUT2D eigenvalue weighted by Crippen LogP contribution is -2.32. The Hall–Kier alpha value is -1.53. The van der Waals surface area contributed by atoms with E-state index in [1.807, 2.05) is 0 Å². The number of aryl methyl sites for hydroxylation is 1. The van der Waals surface area contributed by atoms with Crippen LogP contribution in [0, 0.1) is 6.92 Å². The van der Waals surface area contributed by atoms with Gasteiger partial charge in [0.15, 0.2) is 0 Å². The van der Waals surface area contributed by atoms with E-state index in [2.05, 4.69) is 0 Å². The fourth-order valence-corrected chi connectivity index (χ4v) is 2.14. The number of hydrogen-bond acceptors (Lipinski definition) is 4. The third-order valence-electron chi connectivity index (χ3n) is 3.01. The Morgan fingerprint density at radius 3 is 2.88 bits per heavy atom. The first-order valence-corrected chi connectivity index (χ1v) is 5.37. The maximum Gasteiger partial charge on any atom is 0.523 e. The van der Waals surface area contributed by atoms with Gasteiger partial charge in [-0.05, 0) is 18.1 Å². The molecule has 0 saturated heterocycles. The van der Waals surface area contributed by atoms with Crippen LogP contribution in [0.1, 0.15) is 27.4 Å². The van der Waals surface area contributed by atoms with Crippen LogP contribution in [0.25, 0.3) is 0 Å². The van der Waals surface area contributed by atoms with E-state index in [0.717, 1.165) is 0 Å². The van der Waals surface area contributed by atoms with E-state index in [4.69, 9.17) is 9.76 Å². The molecule has 0 bridgehead atoms. The number of aliphatic hydroxyl groups excluding tert-OH is 1. The van der Waals surface area contributed by atoms with Gasteiger partial charge in [0, 0.05) is 18.8 Å². The molecule has 1 aromatic carbocycles. The van der Waals surface area contributed by atoms with Crippen molar-refractivity contribution in [2.45, 2.75) is 19.2 Å². The lowest BCUT2D eigenvalue weighted by Gasteiger charge is -2.28. The number of hydrogen-bond donors (Lipinski definition) is 3. The van der Waals surface area contributed by atoms with E-state index >= 15 is 0 Å². The van der Waals surface area contributed by atoms with Crippen molar-refractivity contribution < 1.29 is 24.7 Å². The van der Waals surface area contributed by atoms with Gasteiger partial charge in [-0.1, -0.05) is 12.1 Å². The molecular weight excluding hydrogens is 223 g/mol. The minimum atomic E-state index is -1.09. The zero-order chi connectivity index (χ0) is 12.6. The molecular formula is C11H13BO5. The van der Waals surface area contributed by atoms with Crippen LogP contribution >= 0.6 is 0 Å². The van der Waals surface area contributed by atoms with Crippen LogP contribution in [-0.4, -0.2) is 34.9 Å². The van der Waals surface area contributed by atoms with E-state index in [-0.39, 0.29) is 30.2 Å². The molecule has 1 aromatic rings. The number of carbonyl (C=O) groups is 1. The van der Waals surface area contributed by atoms with Crippen molar-refractivity contribution in [3.8, 4) is 5.75 Å². The van der Waals surface area contributed by atoms with Crippen LogP contribution in [0.5, 0.6) is 5.75 Å². The van der Waals surface area contributed by atoms with Gasteiger partial charge in [-0.2, -0.15) is 0 Å². The zero-order valence-corrected chi connectivity index (χ0v) is 9.38. The standard InChI is InChI=1S/C11H13BO5/c1-6-2-3-8-7(5-13)4-12(16)17-10(8)9(6)11(14)15/h2-3,7,13,16H,4-5H2,1H3,(H,14,15)/t7-/m1/s1. The van der Waals surface area contributed by atoms with Crippen LogP contribution in [0.4, 0.5) is 0 Å². The number of fused-ring (bicyclic) bond motifs is 1. The van der Waals surface area contributed by atoms with Crippen LogP contribution in [-0.2, 0) is 0 Å². The van der Waals surface area contributed by atoms with Gasteiger partial charge in [0.2, 0.25) is 0 Å². The van der Waals surface area contributed by atoms with Crippen molar-refractivity contribution in [1.82, 2.24) is 0 Å². The zero-order valence-electron chi connectivity index (χ0n) is 9.38. The first-order valence-electron chi connectivity index (χ1n) is 5.37. The summed E-state index contributed by atoms with van der Waals surface area (Å²) in [5.74, 6) is -1.20. The van der Waals surface area contributed by atoms with Crippen molar-refractivity contribution in [2.75, 3.05) is 6.61 Å². The molecule has 0 amide bonds. The minimum absolute atomic E-state index is 0.0553. The summed E-state index contributed by atoms with van der Waals surface area (Å²) in [6, 6.07) is 3.43. The van der Waals surface area contributed by atoms with Gasteiger partial charge in [0.05, 0.1) is 0 Å². The van der Waals surface area contributed by atoms with Gasteiger partial charge >= 0.3 is 13.1 Å². The third-order valence-corrected chi connectivity index (χ3v) is 3.01. The van der Waals surface area contributed by atoms with Crippen LogP contribution in [0.15, 0.2) is 12.1 Å². The van der Waals surface area contributed by atoms with Gasteiger partial charge in [-0.3, -0.25) is 0 Å². The highest BCUT2D eigenvalue weighted by molar-refractivity contribution is 6.44. The molecule has 0 fully saturated rings. The van der Waals surface area contributed by atoms with E-state index in [1.54, 1.807) is 19.1 Å². The molecule has 0 radical (unpaired) electrons. The molecule has 5 nitrogen and oxygen atoms in total. The van der Waals surface area contributed by atoms with Crippen LogP contribution in [0.2, 0.25) is 6.32 Å². The van der Waals surface area contributed by atoms with Gasteiger partial charge in [-0.15, -0.1) is 0 Å². The Morgan fingerprint density at radius 2 is 2.29 bits per heavy atom. The Labute approximate surface area is 98.8 Å². The number of carboxylic acid groups (broad SMARTS) is 1. The molecule has 90 valence electrons.